The summed E-state index contributed by atoms with van der Waals surface area (Å²) in [6, 6.07) is 16.6. The van der Waals surface area contributed by atoms with Crippen molar-refractivity contribution in [2.45, 2.75) is 0 Å². The van der Waals surface area contributed by atoms with E-state index < -0.39 is 17.8 Å². The van der Waals surface area contributed by atoms with Crippen molar-refractivity contribution in [3.05, 3.63) is 82.6 Å². The number of hydrogen-bond acceptors (Lipinski definition) is 6. The second kappa shape index (κ2) is 8.78. The van der Waals surface area contributed by atoms with Crippen LogP contribution in [0.5, 0.6) is 0 Å². The first kappa shape index (κ1) is 21.5. The van der Waals surface area contributed by atoms with Gasteiger partial charge in [0, 0.05) is 5.56 Å². The highest BCUT2D eigenvalue weighted by molar-refractivity contribution is 7.80. The summed E-state index contributed by atoms with van der Waals surface area (Å²) in [5.41, 5.74) is 1.33. The van der Waals surface area contributed by atoms with Crippen LogP contribution in [0.25, 0.3) is 17.4 Å². The molecule has 4 rings (SSSR count). The van der Waals surface area contributed by atoms with E-state index in [0.29, 0.717) is 33.4 Å². The molecule has 0 radical (unpaired) electrons. The van der Waals surface area contributed by atoms with Crippen LogP contribution in [0.2, 0.25) is 5.02 Å². The number of esters is 1. The number of hydrogen-bond donors (Lipinski definition) is 1. The van der Waals surface area contributed by atoms with Crippen LogP contribution in [-0.2, 0) is 14.3 Å². The third-order valence-electron chi connectivity index (χ3n) is 4.70. The lowest BCUT2D eigenvalue weighted by atomic mass is 10.1. The van der Waals surface area contributed by atoms with Gasteiger partial charge in [-0.05, 0) is 54.7 Å². The molecule has 0 bridgehead atoms. The first-order valence-corrected chi connectivity index (χ1v) is 10.1. The van der Waals surface area contributed by atoms with E-state index >= 15 is 0 Å². The first-order valence-electron chi connectivity index (χ1n) is 9.33. The van der Waals surface area contributed by atoms with Crippen molar-refractivity contribution in [1.29, 1.82) is 0 Å². The van der Waals surface area contributed by atoms with Crippen LogP contribution in [0.1, 0.15) is 16.1 Å². The zero-order chi connectivity index (χ0) is 22.8. The number of benzene rings is 2. The lowest BCUT2D eigenvalue weighted by Gasteiger charge is -2.29. The number of nitrogens with zero attached hydrogens (tertiary/aromatic N) is 1. The lowest BCUT2D eigenvalue weighted by molar-refractivity contribution is -0.122. The smallest absolute Gasteiger partial charge is 0.337 e. The van der Waals surface area contributed by atoms with Gasteiger partial charge in [-0.2, -0.15) is 0 Å². The Bertz CT molecular complexity index is 1280. The lowest BCUT2D eigenvalue weighted by Crippen LogP contribution is -2.54. The van der Waals surface area contributed by atoms with E-state index in [1.54, 1.807) is 60.7 Å². The highest BCUT2D eigenvalue weighted by Gasteiger charge is 2.35. The molecule has 1 aliphatic rings. The third kappa shape index (κ3) is 4.05. The number of furan rings is 1. The minimum absolute atomic E-state index is 0.0592. The minimum atomic E-state index is -0.635. The molecule has 9 heteroatoms. The molecule has 1 aromatic heterocycles. The summed E-state index contributed by atoms with van der Waals surface area (Å²) in [5.74, 6) is -0.905. The topological polar surface area (TPSA) is 88.9 Å². The van der Waals surface area contributed by atoms with E-state index in [0.717, 1.165) is 0 Å². The van der Waals surface area contributed by atoms with Gasteiger partial charge in [-0.1, -0.05) is 35.9 Å². The van der Waals surface area contributed by atoms with E-state index in [9.17, 15) is 14.4 Å². The maximum absolute atomic E-state index is 13.1. The van der Waals surface area contributed by atoms with Crippen molar-refractivity contribution in [2.24, 2.45) is 0 Å². The zero-order valence-corrected chi connectivity index (χ0v) is 18.2. The molecular weight excluding hydrogens is 452 g/mol. The van der Waals surface area contributed by atoms with Gasteiger partial charge in [-0.3, -0.25) is 19.8 Å². The fourth-order valence-electron chi connectivity index (χ4n) is 3.13. The SMILES string of the molecule is COC(=O)c1ccc(-c2ccc(/C=C3\C(=O)NC(=S)N(c4ccccc4Cl)C3=O)o2)cc1. The molecule has 7 nitrogen and oxygen atoms in total. The first-order chi connectivity index (χ1) is 15.4. The van der Waals surface area contributed by atoms with Gasteiger partial charge in [0.15, 0.2) is 5.11 Å². The zero-order valence-electron chi connectivity index (χ0n) is 16.6. The molecule has 1 saturated heterocycles. The molecule has 3 aromatic rings. The number of anilines is 1. The van der Waals surface area contributed by atoms with E-state index in [1.165, 1.54) is 18.1 Å². The highest BCUT2D eigenvalue weighted by atomic mass is 35.5. The molecule has 1 N–H and O–H groups in total. The maximum Gasteiger partial charge on any atom is 0.337 e. The van der Waals surface area contributed by atoms with Gasteiger partial charge in [0.1, 0.15) is 17.1 Å². The number of carbonyl (C=O) groups excluding carboxylic acids is 3. The largest absolute Gasteiger partial charge is 0.465 e. The number of rotatable bonds is 4. The van der Waals surface area contributed by atoms with Gasteiger partial charge in [0.2, 0.25) is 0 Å². The molecule has 2 amide bonds. The van der Waals surface area contributed by atoms with Crippen LogP contribution in [0.15, 0.2) is 70.7 Å². The average molecular weight is 467 g/mol. The van der Waals surface area contributed by atoms with Crippen molar-refractivity contribution in [2.75, 3.05) is 12.0 Å². The molecule has 0 atom stereocenters. The second-order valence-electron chi connectivity index (χ2n) is 6.68. The van der Waals surface area contributed by atoms with Gasteiger partial charge in [0.05, 0.1) is 23.4 Å². The number of ether oxygens (including phenoxy) is 1. The van der Waals surface area contributed by atoms with Crippen LogP contribution >= 0.6 is 23.8 Å². The van der Waals surface area contributed by atoms with Gasteiger partial charge >= 0.3 is 5.97 Å². The molecule has 0 saturated carbocycles. The number of amides is 2. The minimum Gasteiger partial charge on any atom is -0.465 e. The summed E-state index contributed by atoms with van der Waals surface area (Å²) in [7, 11) is 1.31. The average Bonchev–Trinajstić information content (AvgIpc) is 3.26. The number of halogens is 1. The predicted octanol–water partition coefficient (Wildman–Crippen LogP) is 4.22. The summed E-state index contributed by atoms with van der Waals surface area (Å²) in [4.78, 5) is 38.3. The van der Waals surface area contributed by atoms with E-state index in [2.05, 4.69) is 10.1 Å². The van der Waals surface area contributed by atoms with Crippen LogP contribution < -0.4 is 10.2 Å². The molecular formula is C23H15ClN2O5S. The second-order valence-corrected chi connectivity index (χ2v) is 7.47. The molecule has 2 heterocycles. The molecule has 1 fully saturated rings. The fourth-order valence-corrected chi connectivity index (χ4v) is 3.62. The van der Waals surface area contributed by atoms with Gasteiger partial charge in [-0.15, -0.1) is 0 Å². The molecule has 0 unspecified atom stereocenters. The van der Waals surface area contributed by atoms with Crippen molar-refractivity contribution in [3.63, 3.8) is 0 Å². The Morgan fingerprint density at radius 1 is 1.09 bits per heavy atom. The summed E-state index contributed by atoms with van der Waals surface area (Å²) in [5, 5.41) is 2.76. The molecule has 2 aromatic carbocycles. The Kier molecular flexibility index (Phi) is 5.89. The van der Waals surface area contributed by atoms with Gasteiger partial charge in [-0.25, -0.2) is 4.79 Å². The van der Waals surface area contributed by atoms with Crippen molar-refractivity contribution in [1.82, 2.24) is 5.32 Å². The fraction of sp³-hybridized carbons (Fsp3) is 0.0435. The van der Waals surface area contributed by atoms with Crippen LogP contribution in [0.4, 0.5) is 5.69 Å². The summed E-state index contributed by atoms with van der Waals surface area (Å²) < 4.78 is 10.5. The molecule has 0 spiro atoms. The number of carbonyl (C=O) groups is 3. The quantitative estimate of drug-likeness (QED) is 0.268. The summed E-state index contributed by atoms with van der Waals surface area (Å²) in [6.45, 7) is 0. The number of thiocarbonyl (C=S) groups is 1. The van der Waals surface area contributed by atoms with Crippen LogP contribution in [0.3, 0.4) is 0 Å². The van der Waals surface area contributed by atoms with Gasteiger partial charge in [0.25, 0.3) is 11.8 Å². The summed E-state index contributed by atoms with van der Waals surface area (Å²) >= 11 is 11.4. The van der Waals surface area contributed by atoms with Crippen molar-refractivity contribution >= 4 is 58.5 Å². The van der Waals surface area contributed by atoms with Crippen molar-refractivity contribution < 1.29 is 23.5 Å². The molecule has 160 valence electrons. The standard InChI is InChI=1S/C23H15ClN2O5S/c1-30-22(29)14-8-6-13(7-9-14)19-11-10-15(31-19)12-16-20(27)25-23(32)26(21(16)28)18-5-3-2-4-17(18)24/h2-12H,1H3,(H,25,27,32)/b16-12+. The van der Waals surface area contributed by atoms with Crippen molar-refractivity contribution in [3.8, 4) is 11.3 Å². The molecule has 1 aliphatic heterocycles. The Hall–Kier alpha value is -3.75. The van der Waals surface area contributed by atoms with E-state index in [1.807, 2.05) is 0 Å². The predicted molar refractivity (Wildman–Crippen MR) is 123 cm³/mol. The molecule has 0 aliphatic carbocycles. The third-order valence-corrected chi connectivity index (χ3v) is 5.30. The molecule has 32 heavy (non-hydrogen) atoms. The highest BCUT2D eigenvalue weighted by Crippen LogP contribution is 2.30. The van der Waals surface area contributed by atoms with E-state index in [4.69, 9.17) is 28.2 Å². The number of para-hydroxylation sites is 1. The Labute approximate surface area is 193 Å². The number of nitrogens with one attached hydrogen (secondary N) is 1. The Morgan fingerprint density at radius 2 is 1.81 bits per heavy atom. The maximum atomic E-state index is 13.1. The summed E-state index contributed by atoms with van der Waals surface area (Å²) in [6.07, 6.45) is 1.34. The monoisotopic (exact) mass is 466 g/mol. The normalized spacial score (nSPS) is 15.1. The van der Waals surface area contributed by atoms with Crippen LogP contribution in [-0.4, -0.2) is 30.0 Å². The van der Waals surface area contributed by atoms with Crippen LogP contribution in [0, 0.1) is 0 Å². The number of methoxy groups -OCH3 is 1. The Balaban J connectivity index is 1.63. The Morgan fingerprint density at radius 3 is 2.50 bits per heavy atom. The van der Waals surface area contributed by atoms with E-state index in [-0.39, 0.29) is 10.7 Å². The van der Waals surface area contributed by atoms with Gasteiger partial charge < -0.3 is 9.15 Å².